The van der Waals surface area contributed by atoms with Gasteiger partial charge in [0.15, 0.2) is 0 Å². The first-order chi connectivity index (χ1) is 15.2. The fraction of sp³-hybridized carbons (Fsp3) is 0.476. The molecule has 0 bridgehead atoms. The second-order valence-corrected chi connectivity index (χ2v) is 8.61. The molecule has 1 aliphatic heterocycles. The summed E-state index contributed by atoms with van der Waals surface area (Å²) in [6, 6.07) is 3.83. The molecule has 2 aromatic rings. The lowest BCUT2D eigenvalue weighted by atomic mass is 10.0. The van der Waals surface area contributed by atoms with Crippen molar-refractivity contribution in [1.29, 1.82) is 0 Å². The van der Waals surface area contributed by atoms with E-state index in [0.29, 0.717) is 34.5 Å². The second kappa shape index (κ2) is 10.3. The van der Waals surface area contributed by atoms with Crippen molar-refractivity contribution >= 4 is 27.9 Å². The van der Waals surface area contributed by atoms with Crippen molar-refractivity contribution in [2.45, 2.75) is 45.4 Å². The van der Waals surface area contributed by atoms with Crippen LogP contribution < -0.4 is 10.1 Å². The van der Waals surface area contributed by atoms with Crippen LogP contribution in [0.4, 0.5) is 13.6 Å². The number of hydrogen-bond acceptors (Lipinski definition) is 5. The first kappa shape index (κ1) is 24.0. The smallest absolute Gasteiger partial charge is 0.407 e. The Labute approximate surface area is 192 Å². The molecule has 174 valence electrons. The quantitative estimate of drug-likeness (QED) is 0.567. The van der Waals surface area contributed by atoms with Gasteiger partial charge in [0.05, 0.1) is 29.5 Å². The number of alkyl halides is 2. The molecule has 1 fully saturated rings. The molecule has 2 atom stereocenters. The van der Waals surface area contributed by atoms with E-state index in [0.717, 1.165) is 6.42 Å². The van der Waals surface area contributed by atoms with Gasteiger partial charge in [-0.15, -0.1) is 0 Å². The van der Waals surface area contributed by atoms with Gasteiger partial charge in [0, 0.05) is 12.1 Å². The van der Waals surface area contributed by atoms with Crippen LogP contribution in [0.15, 0.2) is 28.9 Å². The summed E-state index contributed by atoms with van der Waals surface area (Å²) in [5.41, 5.74) is 1.23. The Morgan fingerprint density at radius 2 is 2.09 bits per heavy atom. The number of methoxy groups -OCH3 is 1. The van der Waals surface area contributed by atoms with Gasteiger partial charge in [-0.1, -0.05) is 19.9 Å². The lowest BCUT2D eigenvalue weighted by molar-refractivity contribution is -0.135. The lowest BCUT2D eigenvalue weighted by Crippen LogP contribution is -2.51. The summed E-state index contributed by atoms with van der Waals surface area (Å²) in [6.07, 6.45) is 2.44. The van der Waals surface area contributed by atoms with E-state index in [1.165, 1.54) is 13.2 Å². The minimum atomic E-state index is -2.94. The van der Waals surface area contributed by atoms with E-state index >= 15 is 0 Å². The molecule has 8 nitrogen and oxygen atoms in total. The number of rotatable bonds is 7. The standard InChI is InChI=1S/C21H25BrF2N4O4/c1-11(2)17(27-21(30)31-3)19(29)28-8-4-5-15(28)18-25-10-14(26-18)12-6-7-13(22)16(9-12)32-20(23)24/h6-7,9-11,15,17,20H,4-5,8H2,1-3H3,(H,25,26)(H,27,30)/t15-,17-/m0/s1. The number of likely N-dealkylation sites (tertiary alicyclic amines) is 1. The number of carbonyl (C=O) groups is 2. The van der Waals surface area contributed by atoms with Crippen molar-refractivity contribution in [3.63, 3.8) is 0 Å². The van der Waals surface area contributed by atoms with Gasteiger partial charge in [-0.2, -0.15) is 8.78 Å². The van der Waals surface area contributed by atoms with E-state index in [1.807, 2.05) is 13.8 Å². The van der Waals surface area contributed by atoms with E-state index in [9.17, 15) is 18.4 Å². The van der Waals surface area contributed by atoms with Crippen molar-refractivity contribution in [2.24, 2.45) is 5.92 Å². The topological polar surface area (TPSA) is 96.6 Å². The van der Waals surface area contributed by atoms with Crippen LogP contribution in [0.1, 0.15) is 38.6 Å². The molecule has 0 spiro atoms. The summed E-state index contributed by atoms with van der Waals surface area (Å²) in [4.78, 5) is 34.2. The maximum Gasteiger partial charge on any atom is 0.407 e. The molecule has 1 aliphatic rings. The van der Waals surface area contributed by atoms with Crippen molar-refractivity contribution in [1.82, 2.24) is 20.2 Å². The fourth-order valence-electron chi connectivity index (χ4n) is 3.70. The van der Waals surface area contributed by atoms with Crippen LogP contribution in [-0.4, -0.2) is 53.2 Å². The third-order valence-corrected chi connectivity index (χ3v) is 5.95. The number of amides is 2. The second-order valence-electron chi connectivity index (χ2n) is 7.75. The Kier molecular flexibility index (Phi) is 7.70. The molecule has 2 amide bonds. The number of aromatic amines is 1. The summed E-state index contributed by atoms with van der Waals surface area (Å²) in [6.45, 7) is 1.29. The molecular formula is C21H25BrF2N4O4. The van der Waals surface area contributed by atoms with E-state index in [1.54, 1.807) is 23.2 Å². The zero-order chi connectivity index (χ0) is 23.4. The minimum absolute atomic E-state index is 0.0139. The Balaban J connectivity index is 1.82. The van der Waals surface area contributed by atoms with Gasteiger partial charge >= 0.3 is 12.7 Å². The van der Waals surface area contributed by atoms with Gasteiger partial charge in [-0.25, -0.2) is 9.78 Å². The van der Waals surface area contributed by atoms with Crippen LogP contribution in [0, 0.1) is 5.92 Å². The van der Waals surface area contributed by atoms with Crippen LogP contribution in [0.25, 0.3) is 11.3 Å². The maximum absolute atomic E-state index is 13.2. The maximum atomic E-state index is 13.2. The zero-order valence-electron chi connectivity index (χ0n) is 17.9. The molecule has 32 heavy (non-hydrogen) atoms. The molecule has 2 N–H and O–H groups in total. The highest BCUT2D eigenvalue weighted by molar-refractivity contribution is 9.10. The van der Waals surface area contributed by atoms with Gasteiger partial charge in [0.25, 0.3) is 0 Å². The number of halogens is 3. The number of alkyl carbamates (subject to hydrolysis) is 1. The van der Waals surface area contributed by atoms with Crippen LogP contribution in [0.5, 0.6) is 5.75 Å². The summed E-state index contributed by atoms with van der Waals surface area (Å²) in [5, 5.41) is 2.61. The van der Waals surface area contributed by atoms with Crippen molar-refractivity contribution in [3.05, 3.63) is 34.7 Å². The Morgan fingerprint density at radius 3 is 2.75 bits per heavy atom. The molecule has 0 saturated carbocycles. The van der Waals surface area contributed by atoms with Crippen molar-refractivity contribution in [3.8, 4) is 17.0 Å². The van der Waals surface area contributed by atoms with E-state index in [2.05, 4.69) is 40.7 Å². The number of aromatic nitrogens is 2. The van der Waals surface area contributed by atoms with Crippen LogP contribution in [-0.2, 0) is 9.53 Å². The highest BCUT2D eigenvalue weighted by Crippen LogP contribution is 2.35. The average molecular weight is 515 g/mol. The number of H-pyrrole nitrogens is 1. The van der Waals surface area contributed by atoms with E-state index < -0.39 is 18.7 Å². The van der Waals surface area contributed by atoms with E-state index in [4.69, 9.17) is 0 Å². The Morgan fingerprint density at radius 1 is 1.34 bits per heavy atom. The van der Waals surface area contributed by atoms with Crippen LogP contribution in [0.3, 0.4) is 0 Å². The van der Waals surface area contributed by atoms with Gasteiger partial charge in [-0.3, -0.25) is 4.79 Å². The minimum Gasteiger partial charge on any atom is -0.453 e. The predicted molar refractivity (Wildman–Crippen MR) is 116 cm³/mol. The largest absolute Gasteiger partial charge is 0.453 e. The molecule has 11 heteroatoms. The number of carbonyl (C=O) groups excluding carboxylic acids is 2. The molecule has 0 aliphatic carbocycles. The number of imidazole rings is 1. The van der Waals surface area contributed by atoms with Crippen LogP contribution in [0.2, 0.25) is 0 Å². The molecule has 1 saturated heterocycles. The van der Waals surface area contributed by atoms with Gasteiger partial charge in [-0.05, 0) is 46.8 Å². The number of ether oxygens (including phenoxy) is 2. The molecule has 1 aromatic heterocycles. The molecule has 0 unspecified atom stereocenters. The SMILES string of the molecule is COC(=O)N[C@H](C(=O)N1CCC[C@H]1c1ncc(-c2ccc(Br)c(OC(F)F)c2)[nH]1)C(C)C. The Hall–Kier alpha value is -2.69. The van der Waals surface area contributed by atoms with Gasteiger partial charge in [0.1, 0.15) is 17.6 Å². The number of nitrogens with zero attached hydrogens (tertiary/aromatic N) is 2. The zero-order valence-corrected chi connectivity index (χ0v) is 19.5. The first-order valence-electron chi connectivity index (χ1n) is 10.2. The van der Waals surface area contributed by atoms with Gasteiger partial charge < -0.3 is 24.7 Å². The number of hydrogen-bond donors (Lipinski definition) is 2. The number of nitrogens with one attached hydrogen (secondary N) is 2. The first-order valence-corrected chi connectivity index (χ1v) is 10.9. The summed E-state index contributed by atoms with van der Waals surface area (Å²) >= 11 is 3.19. The predicted octanol–water partition coefficient (Wildman–Crippen LogP) is 4.48. The lowest BCUT2D eigenvalue weighted by Gasteiger charge is -2.30. The van der Waals surface area contributed by atoms with E-state index in [-0.39, 0.29) is 23.6 Å². The highest BCUT2D eigenvalue weighted by Gasteiger charge is 2.37. The van der Waals surface area contributed by atoms with Crippen LogP contribution >= 0.6 is 15.9 Å². The normalized spacial score (nSPS) is 17.0. The molecule has 3 rings (SSSR count). The molecule has 0 radical (unpaired) electrons. The summed E-state index contributed by atoms with van der Waals surface area (Å²) < 4.78 is 34.9. The summed E-state index contributed by atoms with van der Waals surface area (Å²) in [7, 11) is 1.25. The van der Waals surface area contributed by atoms with Gasteiger partial charge in [0.2, 0.25) is 5.91 Å². The monoisotopic (exact) mass is 514 g/mol. The molecule has 1 aromatic carbocycles. The van der Waals surface area contributed by atoms with Crippen molar-refractivity contribution < 1.29 is 27.8 Å². The number of benzene rings is 1. The highest BCUT2D eigenvalue weighted by atomic mass is 79.9. The average Bonchev–Trinajstić information content (AvgIpc) is 3.41. The fourth-order valence-corrected chi connectivity index (χ4v) is 4.04. The summed E-state index contributed by atoms with van der Waals surface area (Å²) in [5.74, 6) is 0.263. The molecule has 2 heterocycles. The third-order valence-electron chi connectivity index (χ3n) is 5.30. The Bertz CT molecular complexity index is 969. The third kappa shape index (κ3) is 5.37. The molecular weight excluding hydrogens is 490 g/mol. The van der Waals surface area contributed by atoms with Crippen molar-refractivity contribution in [2.75, 3.05) is 13.7 Å².